The van der Waals surface area contributed by atoms with Crippen molar-refractivity contribution in [3.8, 4) is 0 Å². The van der Waals surface area contributed by atoms with Crippen LogP contribution in [0.4, 0.5) is 0 Å². The maximum Gasteiger partial charge on any atom is 0.167 e. The lowest BCUT2D eigenvalue weighted by molar-refractivity contribution is 0.0992. The number of carbonyl (C=O) groups is 1. The van der Waals surface area contributed by atoms with Gasteiger partial charge < -0.3 is 0 Å². The molecule has 0 aliphatic rings. The molecule has 0 aromatic heterocycles. The molecule has 2 aromatic carbocycles. The van der Waals surface area contributed by atoms with Crippen LogP contribution in [-0.4, -0.2) is 5.78 Å². The van der Waals surface area contributed by atoms with Crippen LogP contribution < -0.4 is 0 Å². The number of aryl methyl sites for hydroxylation is 2. The van der Waals surface area contributed by atoms with E-state index in [0.717, 1.165) is 23.1 Å². The van der Waals surface area contributed by atoms with Gasteiger partial charge in [-0.25, -0.2) is 0 Å². The van der Waals surface area contributed by atoms with E-state index in [1.54, 1.807) is 0 Å². The van der Waals surface area contributed by atoms with Gasteiger partial charge in [-0.1, -0.05) is 61.0 Å². The van der Waals surface area contributed by atoms with Crippen molar-refractivity contribution in [2.45, 2.75) is 26.7 Å². The van der Waals surface area contributed by atoms with Crippen LogP contribution in [0.1, 0.15) is 34.0 Å². The number of rotatable bonds is 4. The van der Waals surface area contributed by atoms with Crippen molar-refractivity contribution in [1.29, 1.82) is 0 Å². The zero-order valence-corrected chi connectivity index (χ0v) is 10.9. The molecule has 0 atom stereocenters. The van der Waals surface area contributed by atoms with Crippen LogP contribution >= 0.6 is 0 Å². The molecule has 0 bridgehead atoms. The van der Waals surface area contributed by atoms with Crippen LogP contribution in [0, 0.1) is 6.92 Å². The zero-order valence-electron chi connectivity index (χ0n) is 10.9. The van der Waals surface area contributed by atoms with Crippen LogP contribution in [-0.2, 0) is 12.8 Å². The number of hydrogen-bond donors (Lipinski definition) is 0. The van der Waals surface area contributed by atoms with Gasteiger partial charge >= 0.3 is 0 Å². The molecule has 18 heavy (non-hydrogen) atoms. The lowest BCUT2D eigenvalue weighted by Gasteiger charge is -2.07. The summed E-state index contributed by atoms with van der Waals surface area (Å²) in [5, 5.41) is 0. The van der Waals surface area contributed by atoms with Gasteiger partial charge in [0.25, 0.3) is 0 Å². The van der Waals surface area contributed by atoms with Gasteiger partial charge in [0.15, 0.2) is 5.78 Å². The highest BCUT2D eigenvalue weighted by Gasteiger charge is 2.10. The Bertz CT molecular complexity index is 538. The second kappa shape index (κ2) is 5.63. The number of ketones is 1. The highest BCUT2D eigenvalue weighted by molar-refractivity contribution is 5.98. The fraction of sp³-hybridized carbons (Fsp3) is 0.235. The number of hydrogen-bond acceptors (Lipinski definition) is 1. The van der Waals surface area contributed by atoms with E-state index in [2.05, 4.69) is 13.8 Å². The molecule has 0 radical (unpaired) electrons. The average Bonchev–Trinajstić information content (AvgIpc) is 2.41. The predicted octanol–water partition coefficient (Wildman–Crippen LogP) is 3.98. The summed E-state index contributed by atoms with van der Waals surface area (Å²) in [4.78, 5) is 12.3. The average molecular weight is 238 g/mol. The van der Waals surface area contributed by atoms with Gasteiger partial charge in [-0.3, -0.25) is 4.79 Å². The van der Waals surface area contributed by atoms with Crippen molar-refractivity contribution in [2.24, 2.45) is 0 Å². The second-order valence-corrected chi connectivity index (χ2v) is 4.60. The minimum absolute atomic E-state index is 0.205. The molecule has 0 aliphatic carbocycles. The first kappa shape index (κ1) is 12.6. The number of carbonyl (C=O) groups excluding carboxylic acids is 1. The molecular weight excluding hydrogens is 220 g/mol. The maximum atomic E-state index is 12.3. The molecule has 0 saturated heterocycles. The number of benzene rings is 2. The minimum Gasteiger partial charge on any atom is -0.294 e. The van der Waals surface area contributed by atoms with Crippen molar-refractivity contribution >= 4 is 5.78 Å². The van der Waals surface area contributed by atoms with Crippen LogP contribution in [0.15, 0.2) is 48.5 Å². The Labute approximate surface area is 108 Å². The Morgan fingerprint density at radius 2 is 1.67 bits per heavy atom. The summed E-state index contributed by atoms with van der Waals surface area (Å²) in [5.41, 5.74) is 4.30. The van der Waals surface area contributed by atoms with Gasteiger partial charge in [-0.15, -0.1) is 0 Å². The van der Waals surface area contributed by atoms with Gasteiger partial charge in [-0.05, 0) is 24.5 Å². The molecule has 0 amide bonds. The Morgan fingerprint density at radius 3 is 2.33 bits per heavy atom. The Hall–Kier alpha value is -1.89. The number of Topliss-reactive ketones (excluding diaryl/α,β-unsaturated/α-hetero) is 1. The van der Waals surface area contributed by atoms with Crippen molar-refractivity contribution in [1.82, 2.24) is 0 Å². The monoisotopic (exact) mass is 238 g/mol. The Kier molecular flexibility index (Phi) is 3.93. The van der Waals surface area contributed by atoms with E-state index in [1.807, 2.05) is 48.5 Å². The molecule has 0 fully saturated rings. The van der Waals surface area contributed by atoms with E-state index in [4.69, 9.17) is 0 Å². The molecule has 0 unspecified atom stereocenters. The van der Waals surface area contributed by atoms with Crippen LogP contribution in [0.3, 0.4) is 0 Å². The highest BCUT2D eigenvalue weighted by Crippen LogP contribution is 2.13. The third-order valence-electron chi connectivity index (χ3n) is 3.18. The molecule has 2 aromatic rings. The van der Waals surface area contributed by atoms with E-state index >= 15 is 0 Å². The van der Waals surface area contributed by atoms with Crippen LogP contribution in [0.5, 0.6) is 0 Å². The van der Waals surface area contributed by atoms with E-state index in [0.29, 0.717) is 6.42 Å². The molecule has 2 rings (SSSR count). The van der Waals surface area contributed by atoms with Crippen molar-refractivity contribution in [3.05, 3.63) is 70.8 Å². The first-order chi connectivity index (χ1) is 8.70. The van der Waals surface area contributed by atoms with Crippen molar-refractivity contribution in [3.63, 3.8) is 0 Å². The van der Waals surface area contributed by atoms with E-state index < -0.39 is 0 Å². The lowest BCUT2D eigenvalue weighted by Crippen LogP contribution is -2.06. The van der Waals surface area contributed by atoms with E-state index in [9.17, 15) is 4.79 Å². The largest absolute Gasteiger partial charge is 0.294 e. The van der Waals surface area contributed by atoms with Gasteiger partial charge in [0.2, 0.25) is 0 Å². The second-order valence-electron chi connectivity index (χ2n) is 4.60. The summed E-state index contributed by atoms with van der Waals surface area (Å²) >= 11 is 0. The highest BCUT2D eigenvalue weighted by atomic mass is 16.1. The topological polar surface area (TPSA) is 17.1 Å². The Balaban J connectivity index is 2.19. The molecule has 0 spiro atoms. The quantitative estimate of drug-likeness (QED) is 0.736. The predicted molar refractivity (Wildman–Crippen MR) is 75.0 cm³/mol. The first-order valence-corrected chi connectivity index (χ1v) is 6.37. The van der Waals surface area contributed by atoms with Crippen molar-refractivity contribution < 1.29 is 4.79 Å². The third kappa shape index (κ3) is 2.86. The van der Waals surface area contributed by atoms with Gasteiger partial charge in [0.05, 0.1) is 0 Å². The summed E-state index contributed by atoms with van der Waals surface area (Å²) < 4.78 is 0. The minimum atomic E-state index is 0.205. The molecule has 0 N–H and O–H groups in total. The Morgan fingerprint density at radius 1 is 1.00 bits per heavy atom. The fourth-order valence-corrected chi connectivity index (χ4v) is 2.09. The zero-order chi connectivity index (χ0) is 13.0. The summed E-state index contributed by atoms with van der Waals surface area (Å²) in [6.45, 7) is 4.13. The summed E-state index contributed by atoms with van der Waals surface area (Å²) in [5.74, 6) is 0.205. The van der Waals surface area contributed by atoms with Crippen LogP contribution in [0.2, 0.25) is 0 Å². The van der Waals surface area contributed by atoms with E-state index in [1.165, 1.54) is 5.56 Å². The summed E-state index contributed by atoms with van der Waals surface area (Å²) in [6.07, 6.45) is 1.38. The normalized spacial score (nSPS) is 10.3. The molecule has 1 heteroatoms. The molecule has 0 saturated carbocycles. The van der Waals surface area contributed by atoms with Crippen LogP contribution in [0.25, 0.3) is 0 Å². The van der Waals surface area contributed by atoms with Crippen molar-refractivity contribution in [2.75, 3.05) is 0 Å². The summed E-state index contributed by atoms with van der Waals surface area (Å²) in [7, 11) is 0. The maximum absolute atomic E-state index is 12.3. The molecular formula is C17H18O. The van der Waals surface area contributed by atoms with Gasteiger partial charge in [0.1, 0.15) is 0 Å². The standard InChI is InChI=1S/C17H18O/c1-3-15-6-4-5-7-16(15)17(18)12-14-10-8-13(2)9-11-14/h4-11H,3,12H2,1-2H3. The van der Waals surface area contributed by atoms with Gasteiger partial charge in [-0.2, -0.15) is 0 Å². The summed E-state index contributed by atoms with van der Waals surface area (Å²) in [6, 6.07) is 16.0. The first-order valence-electron chi connectivity index (χ1n) is 6.37. The SMILES string of the molecule is CCc1ccccc1C(=O)Cc1ccc(C)cc1. The van der Waals surface area contributed by atoms with Gasteiger partial charge in [0, 0.05) is 12.0 Å². The van der Waals surface area contributed by atoms with E-state index in [-0.39, 0.29) is 5.78 Å². The lowest BCUT2D eigenvalue weighted by atomic mass is 9.97. The molecule has 0 heterocycles. The smallest absolute Gasteiger partial charge is 0.167 e. The molecule has 1 nitrogen and oxygen atoms in total. The molecule has 0 aliphatic heterocycles. The third-order valence-corrected chi connectivity index (χ3v) is 3.18. The fourth-order valence-electron chi connectivity index (χ4n) is 2.09. The molecule has 92 valence electrons.